The van der Waals surface area contributed by atoms with Gasteiger partial charge in [0, 0.05) is 31.9 Å². The normalized spacial score (nSPS) is 16.6. The van der Waals surface area contributed by atoms with Gasteiger partial charge in [0.05, 0.1) is 10.5 Å². The zero-order valence-electron chi connectivity index (χ0n) is 15.2. The van der Waals surface area contributed by atoms with E-state index in [2.05, 4.69) is 10.2 Å². The molecule has 0 unspecified atom stereocenters. The van der Waals surface area contributed by atoms with E-state index in [9.17, 15) is 13.2 Å². The minimum atomic E-state index is -3.51. The lowest BCUT2D eigenvalue weighted by Gasteiger charge is -2.31. The summed E-state index contributed by atoms with van der Waals surface area (Å²) in [6, 6.07) is 7.93. The summed E-state index contributed by atoms with van der Waals surface area (Å²) >= 11 is 0. The van der Waals surface area contributed by atoms with E-state index in [4.69, 9.17) is 4.42 Å². The molecule has 7 nitrogen and oxygen atoms in total. The van der Waals surface area contributed by atoms with Crippen molar-refractivity contribution in [1.29, 1.82) is 0 Å². The number of nitrogens with one attached hydrogen (secondary N) is 1. The first-order valence-electron chi connectivity index (χ1n) is 8.44. The fourth-order valence-electron chi connectivity index (χ4n) is 2.94. The van der Waals surface area contributed by atoms with Gasteiger partial charge < -0.3 is 14.6 Å². The van der Waals surface area contributed by atoms with E-state index in [-0.39, 0.29) is 10.8 Å². The lowest BCUT2D eigenvalue weighted by atomic mass is 10.2. The minimum Gasteiger partial charge on any atom is -0.466 e. The summed E-state index contributed by atoms with van der Waals surface area (Å²) in [4.78, 5) is 14.6. The Hall–Kier alpha value is -2.16. The van der Waals surface area contributed by atoms with Crippen molar-refractivity contribution in [3.8, 4) is 0 Å². The molecule has 0 saturated carbocycles. The van der Waals surface area contributed by atoms with Gasteiger partial charge in [-0.25, -0.2) is 8.42 Å². The first-order valence-corrected chi connectivity index (χ1v) is 9.88. The number of aryl methyl sites for hydroxylation is 2. The lowest BCUT2D eigenvalue weighted by Crippen LogP contribution is -2.46. The number of piperazine rings is 1. The summed E-state index contributed by atoms with van der Waals surface area (Å²) in [6.45, 7) is 5.91. The highest BCUT2D eigenvalue weighted by Crippen LogP contribution is 2.21. The zero-order valence-corrected chi connectivity index (χ0v) is 16.0. The molecular formula is C18H23N3O4S. The van der Waals surface area contributed by atoms with Gasteiger partial charge in [0.15, 0.2) is 0 Å². The molecule has 1 aromatic heterocycles. The van der Waals surface area contributed by atoms with Gasteiger partial charge in [0.25, 0.3) is 5.91 Å². The Morgan fingerprint density at radius 2 is 1.69 bits per heavy atom. The second-order valence-electron chi connectivity index (χ2n) is 6.51. The van der Waals surface area contributed by atoms with E-state index in [1.807, 2.05) is 7.05 Å². The van der Waals surface area contributed by atoms with Crippen LogP contribution in [0.5, 0.6) is 0 Å². The fourth-order valence-corrected chi connectivity index (χ4v) is 4.36. The van der Waals surface area contributed by atoms with Crippen LogP contribution in [0.15, 0.2) is 39.6 Å². The standard InChI is InChI=1S/C18H23N3O4S/c1-13-12-17(14(2)25-13)18(22)19-15-4-6-16(7-5-15)26(23,24)21-10-8-20(3)9-11-21/h4-7,12H,8-11H2,1-3H3,(H,19,22). The predicted molar refractivity (Wildman–Crippen MR) is 98.8 cm³/mol. The number of nitrogens with zero attached hydrogens (tertiary/aromatic N) is 2. The molecule has 1 aliphatic rings. The van der Waals surface area contributed by atoms with E-state index in [0.29, 0.717) is 35.9 Å². The summed E-state index contributed by atoms with van der Waals surface area (Å²) in [5, 5.41) is 2.76. The molecule has 1 N–H and O–H groups in total. The van der Waals surface area contributed by atoms with Gasteiger partial charge in [-0.05, 0) is 51.2 Å². The summed E-state index contributed by atoms with van der Waals surface area (Å²) in [7, 11) is -1.53. The molecule has 26 heavy (non-hydrogen) atoms. The average Bonchev–Trinajstić information content (AvgIpc) is 2.94. The second kappa shape index (κ2) is 7.22. The molecule has 1 saturated heterocycles. The van der Waals surface area contributed by atoms with Gasteiger partial charge in [-0.3, -0.25) is 4.79 Å². The average molecular weight is 377 g/mol. The molecule has 0 atom stereocenters. The smallest absolute Gasteiger partial charge is 0.259 e. The number of hydrogen-bond donors (Lipinski definition) is 1. The maximum absolute atomic E-state index is 12.7. The molecule has 0 radical (unpaired) electrons. The third-order valence-electron chi connectivity index (χ3n) is 4.50. The summed E-state index contributed by atoms with van der Waals surface area (Å²) < 4.78 is 32.3. The van der Waals surface area contributed by atoms with Crippen LogP contribution < -0.4 is 5.32 Å². The molecule has 0 bridgehead atoms. The number of anilines is 1. The van der Waals surface area contributed by atoms with E-state index in [0.717, 1.165) is 13.1 Å². The van der Waals surface area contributed by atoms with E-state index in [1.54, 1.807) is 32.0 Å². The van der Waals surface area contributed by atoms with Crippen LogP contribution in [-0.2, 0) is 10.0 Å². The number of furan rings is 1. The number of sulfonamides is 1. The van der Waals surface area contributed by atoms with Crippen molar-refractivity contribution >= 4 is 21.6 Å². The summed E-state index contributed by atoms with van der Waals surface area (Å²) in [5.41, 5.74) is 1.00. The third kappa shape index (κ3) is 3.82. The SMILES string of the molecule is Cc1cc(C(=O)Nc2ccc(S(=O)(=O)N3CCN(C)CC3)cc2)c(C)o1. The molecular weight excluding hydrogens is 354 g/mol. The van der Waals surface area contributed by atoms with Crippen molar-refractivity contribution in [2.24, 2.45) is 0 Å². The first-order chi connectivity index (χ1) is 12.3. The maximum Gasteiger partial charge on any atom is 0.259 e. The molecule has 2 heterocycles. The van der Waals surface area contributed by atoms with Gasteiger partial charge in [0.2, 0.25) is 10.0 Å². The molecule has 0 spiro atoms. The highest BCUT2D eigenvalue weighted by Gasteiger charge is 2.27. The van der Waals surface area contributed by atoms with Crippen LogP contribution in [0.3, 0.4) is 0 Å². The van der Waals surface area contributed by atoms with E-state index in [1.165, 1.54) is 16.4 Å². The molecule has 2 aromatic rings. The minimum absolute atomic E-state index is 0.232. The van der Waals surface area contributed by atoms with Crippen molar-refractivity contribution in [2.75, 3.05) is 38.5 Å². The Balaban J connectivity index is 1.72. The predicted octanol–water partition coefficient (Wildman–Crippen LogP) is 2.08. The van der Waals surface area contributed by atoms with Crippen molar-refractivity contribution in [1.82, 2.24) is 9.21 Å². The number of rotatable bonds is 4. The van der Waals surface area contributed by atoms with Crippen molar-refractivity contribution < 1.29 is 17.6 Å². The van der Waals surface area contributed by atoms with Gasteiger partial charge >= 0.3 is 0 Å². The molecule has 1 aromatic carbocycles. The third-order valence-corrected chi connectivity index (χ3v) is 6.41. The maximum atomic E-state index is 12.7. The Morgan fingerprint density at radius 3 is 2.23 bits per heavy atom. The number of benzene rings is 1. The van der Waals surface area contributed by atoms with E-state index < -0.39 is 10.0 Å². The number of hydrogen-bond acceptors (Lipinski definition) is 5. The Kier molecular flexibility index (Phi) is 5.17. The molecule has 3 rings (SSSR count). The van der Waals surface area contributed by atoms with Gasteiger partial charge in [-0.1, -0.05) is 0 Å². The molecule has 0 aliphatic carbocycles. The lowest BCUT2D eigenvalue weighted by molar-refractivity contribution is 0.102. The van der Waals surface area contributed by atoms with Gasteiger partial charge in [-0.15, -0.1) is 0 Å². The van der Waals surface area contributed by atoms with Crippen molar-refractivity contribution in [3.05, 3.63) is 47.4 Å². The van der Waals surface area contributed by atoms with Crippen LogP contribution in [0, 0.1) is 13.8 Å². The summed E-state index contributed by atoms with van der Waals surface area (Å²) in [6.07, 6.45) is 0. The van der Waals surface area contributed by atoms with Crippen LogP contribution >= 0.6 is 0 Å². The largest absolute Gasteiger partial charge is 0.466 e. The fraction of sp³-hybridized carbons (Fsp3) is 0.389. The van der Waals surface area contributed by atoms with Crippen LogP contribution in [0.25, 0.3) is 0 Å². The molecule has 8 heteroatoms. The van der Waals surface area contributed by atoms with Gasteiger partial charge in [0.1, 0.15) is 11.5 Å². The van der Waals surface area contributed by atoms with Crippen LogP contribution in [0.4, 0.5) is 5.69 Å². The highest BCUT2D eigenvalue weighted by molar-refractivity contribution is 7.89. The quantitative estimate of drug-likeness (QED) is 0.882. The molecule has 1 fully saturated rings. The number of carbonyl (C=O) groups excluding carboxylic acids is 1. The zero-order chi connectivity index (χ0) is 18.9. The Labute approximate surface area is 153 Å². The van der Waals surface area contributed by atoms with Crippen LogP contribution in [0.2, 0.25) is 0 Å². The second-order valence-corrected chi connectivity index (χ2v) is 8.45. The Morgan fingerprint density at radius 1 is 1.08 bits per heavy atom. The van der Waals surface area contributed by atoms with Crippen LogP contribution in [0.1, 0.15) is 21.9 Å². The number of amides is 1. The van der Waals surface area contributed by atoms with Crippen molar-refractivity contribution in [2.45, 2.75) is 18.7 Å². The monoisotopic (exact) mass is 377 g/mol. The first kappa shape index (κ1) is 18.6. The Bertz CT molecular complexity index is 895. The molecule has 1 aliphatic heterocycles. The van der Waals surface area contributed by atoms with Crippen molar-refractivity contribution in [3.63, 3.8) is 0 Å². The van der Waals surface area contributed by atoms with Gasteiger partial charge in [-0.2, -0.15) is 4.31 Å². The molecule has 1 amide bonds. The van der Waals surface area contributed by atoms with E-state index >= 15 is 0 Å². The van der Waals surface area contributed by atoms with Crippen LogP contribution in [-0.4, -0.2) is 56.8 Å². The number of likely N-dealkylation sites (N-methyl/N-ethyl adjacent to an activating group) is 1. The molecule has 140 valence electrons. The number of carbonyl (C=O) groups is 1. The topological polar surface area (TPSA) is 82.9 Å². The highest BCUT2D eigenvalue weighted by atomic mass is 32.2. The summed E-state index contributed by atoms with van der Waals surface area (Å²) in [5.74, 6) is 0.935.